The summed E-state index contributed by atoms with van der Waals surface area (Å²) in [5.74, 6) is 0.965. The van der Waals surface area contributed by atoms with Gasteiger partial charge in [-0.1, -0.05) is 73.7 Å². The van der Waals surface area contributed by atoms with Gasteiger partial charge in [-0.3, -0.25) is 9.88 Å². The van der Waals surface area contributed by atoms with E-state index in [0.717, 1.165) is 67.6 Å². The second kappa shape index (κ2) is 11.7. The monoisotopic (exact) mass is 580 g/mol. The summed E-state index contributed by atoms with van der Waals surface area (Å²) < 4.78 is 32.2. The molecule has 1 saturated heterocycles. The molecule has 0 amide bonds. The molecule has 42 heavy (non-hydrogen) atoms. The summed E-state index contributed by atoms with van der Waals surface area (Å²) in [5, 5.41) is 0. The van der Waals surface area contributed by atoms with E-state index in [9.17, 15) is 8.42 Å². The number of hydrogen-bond donors (Lipinski definition) is 0. The molecule has 0 radical (unpaired) electrons. The minimum absolute atomic E-state index is 0.00412. The standard InChI is InChI=1S/C36H40N2O3S/c1-3-35(2,32-9-5-4-6-10-32)38-23-20-36(21-24-38)19-18-31-25-30(16-17-34(31)41-36)29-14-12-28(13-15-29)26-42(39,40)27-33-11-7-8-22-37-33/h4-17,22,25H,3,18-21,23-24,26-27H2,1-2H3. The number of aryl methyl sites for hydroxylation is 1. The van der Waals surface area contributed by atoms with E-state index in [2.05, 4.69) is 72.3 Å². The molecule has 1 spiro atoms. The lowest BCUT2D eigenvalue weighted by molar-refractivity contribution is -0.0450. The first-order valence-corrected chi connectivity index (χ1v) is 16.9. The maximum atomic E-state index is 12.7. The SMILES string of the molecule is CCC(C)(c1ccccc1)N1CCC2(CCc3cc(-c4ccc(CS(=O)(=O)Cc5ccccn5)cc4)ccc3O2)CC1. The van der Waals surface area contributed by atoms with Gasteiger partial charge in [-0.15, -0.1) is 0 Å². The molecule has 1 aromatic heterocycles. The van der Waals surface area contributed by atoms with Gasteiger partial charge in [0.1, 0.15) is 11.4 Å². The van der Waals surface area contributed by atoms with E-state index >= 15 is 0 Å². The fourth-order valence-electron chi connectivity index (χ4n) is 6.68. The summed E-state index contributed by atoms with van der Waals surface area (Å²) in [7, 11) is -3.30. The van der Waals surface area contributed by atoms with Crippen molar-refractivity contribution in [2.45, 2.75) is 68.6 Å². The average Bonchev–Trinajstić information content (AvgIpc) is 3.02. The first-order valence-electron chi connectivity index (χ1n) is 15.1. The highest BCUT2D eigenvalue weighted by Crippen LogP contribution is 2.43. The van der Waals surface area contributed by atoms with Crippen molar-refractivity contribution in [1.82, 2.24) is 9.88 Å². The van der Waals surface area contributed by atoms with E-state index in [-0.39, 0.29) is 22.6 Å². The van der Waals surface area contributed by atoms with Crippen LogP contribution >= 0.6 is 0 Å². The third-order valence-corrected chi connectivity index (χ3v) is 11.0. The number of sulfone groups is 1. The van der Waals surface area contributed by atoms with Gasteiger partial charge in [0, 0.05) is 24.8 Å². The number of nitrogens with zero attached hydrogens (tertiary/aromatic N) is 2. The maximum absolute atomic E-state index is 12.7. The molecule has 4 aromatic rings. The van der Waals surface area contributed by atoms with Crippen molar-refractivity contribution < 1.29 is 13.2 Å². The van der Waals surface area contributed by atoms with Crippen LogP contribution in [0.1, 0.15) is 61.9 Å². The van der Waals surface area contributed by atoms with Gasteiger partial charge in [-0.05, 0) is 91.1 Å². The second-order valence-corrected chi connectivity index (χ2v) is 14.2. The van der Waals surface area contributed by atoms with Crippen LogP contribution in [0, 0.1) is 0 Å². The largest absolute Gasteiger partial charge is 0.487 e. The molecule has 0 bridgehead atoms. The Morgan fingerprint density at radius 1 is 0.857 bits per heavy atom. The predicted octanol–water partition coefficient (Wildman–Crippen LogP) is 7.35. The highest BCUT2D eigenvalue weighted by atomic mass is 32.2. The molecule has 1 unspecified atom stereocenters. The van der Waals surface area contributed by atoms with E-state index < -0.39 is 9.84 Å². The van der Waals surface area contributed by atoms with Gasteiger partial charge in [0.05, 0.1) is 17.2 Å². The summed E-state index contributed by atoms with van der Waals surface area (Å²) in [6, 6.07) is 30.6. The molecular weight excluding hydrogens is 540 g/mol. The quantitative estimate of drug-likeness (QED) is 0.218. The van der Waals surface area contributed by atoms with Crippen molar-refractivity contribution in [2.24, 2.45) is 0 Å². The first kappa shape index (κ1) is 28.6. The van der Waals surface area contributed by atoms with Gasteiger partial charge in [-0.2, -0.15) is 0 Å². The van der Waals surface area contributed by atoms with E-state index in [0.29, 0.717) is 5.69 Å². The van der Waals surface area contributed by atoms with Crippen LogP contribution < -0.4 is 4.74 Å². The van der Waals surface area contributed by atoms with Crippen molar-refractivity contribution in [2.75, 3.05) is 13.1 Å². The Morgan fingerprint density at radius 2 is 1.57 bits per heavy atom. The number of aromatic nitrogens is 1. The number of hydrogen-bond acceptors (Lipinski definition) is 5. The van der Waals surface area contributed by atoms with Gasteiger partial charge in [0.2, 0.25) is 0 Å². The number of pyridine rings is 1. The van der Waals surface area contributed by atoms with Gasteiger partial charge < -0.3 is 4.74 Å². The fraction of sp³-hybridized carbons (Fsp3) is 0.361. The maximum Gasteiger partial charge on any atom is 0.160 e. The predicted molar refractivity (Wildman–Crippen MR) is 169 cm³/mol. The Morgan fingerprint density at radius 3 is 2.26 bits per heavy atom. The Bertz CT molecular complexity index is 1610. The molecule has 5 nitrogen and oxygen atoms in total. The third-order valence-electron chi connectivity index (χ3n) is 9.46. The summed E-state index contributed by atoms with van der Waals surface area (Å²) in [6.45, 7) is 6.75. The minimum atomic E-state index is -3.30. The lowest BCUT2D eigenvalue weighted by Crippen LogP contribution is -2.55. The van der Waals surface area contributed by atoms with Crippen molar-refractivity contribution in [3.8, 4) is 16.9 Å². The molecule has 6 heteroatoms. The highest BCUT2D eigenvalue weighted by Gasteiger charge is 2.43. The summed E-state index contributed by atoms with van der Waals surface area (Å²) in [6.07, 6.45) is 6.84. The van der Waals surface area contributed by atoms with Crippen LogP contribution in [0.5, 0.6) is 5.75 Å². The molecule has 0 aliphatic carbocycles. The van der Waals surface area contributed by atoms with Crippen molar-refractivity contribution in [3.05, 3.63) is 120 Å². The van der Waals surface area contributed by atoms with Crippen LogP contribution in [0.25, 0.3) is 11.1 Å². The van der Waals surface area contributed by atoms with Gasteiger partial charge in [-0.25, -0.2) is 8.42 Å². The van der Waals surface area contributed by atoms with E-state index in [1.54, 1.807) is 18.3 Å². The average molecular weight is 581 g/mol. The smallest absolute Gasteiger partial charge is 0.160 e. The summed E-state index contributed by atoms with van der Waals surface area (Å²) in [4.78, 5) is 6.81. The first-order chi connectivity index (χ1) is 20.3. The normalized spacial score (nSPS) is 18.1. The van der Waals surface area contributed by atoms with Gasteiger partial charge >= 0.3 is 0 Å². The number of likely N-dealkylation sites (tertiary alicyclic amines) is 1. The van der Waals surface area contributed by atoms with Gasteiger partial charge in [0.15, 0.2) is 9.84 Å². The Balaban J connectivity index is 1.10. The van der Waals surface area contributed by atoms with E-state index in [1.165, 1.54) is 11.1 Å². The second-order valence-electron chi connectivity index (χ2n) is 12.1. The summed E-state index contributed by atoms with van der Waals surface area (Å²) >= 11 is 0. The molecule has 2 aliphatic rings. The van der Waals surface area contributed by atoms with Crippen LogP contribution in [0.4, 0.5) is 0 Å². The zero-order valence-corrected chi connectivity index (χ0v) is 25.4. The fourth-order valence-corrected chi connectivity index (χ4v) is 8.10. The summed E-state index contributed by atoms with van der Waals surface area (Å²) in [5.41, 5.74) is 6.18. The van der Waals surface area contributed by atoms with Crippen LogP contribution in [0.3, 0.4) is 0 Å². The molecule has 1 fully saturated rings. The molecule has 2 aliphatic heterocycles. The van der Waals surface area contributed by atoms with E-state index in [1.807, 2.05) is 30.3 Å². The van der Waals surface area contributed by atoms with Crippen LogP contribution in [0.15, 0.2) is 97.2 Å². The number of fused-ring (bicyclic) bond motifs is 1. The highest BCUT2D eigenvalue weighted by molar-refractivity contribution is 7.89. The van der Waals surface area contributed by atoms with Crippen molar-refractivity contribution in [3.63, 3.8) is 0 Å². The van der Waals surface area contributed by atoms with Crippen molar-refractivity contribution >= 4 is 9.84 Å². The Hall–Kier alpha value is -3.48. The third kappa shape index (κ3) is 6.02. The number of ether oxygens (including phenoxy) is 1. The Kier molecular flexibility index (Phi) is 7.95. The molecule has 218 valence electrons. The number of rotatable bonds is 8. The zero-order chi connectivity index (χ0) is 29.2. The molecule has 3 aromatic carbocycles. The van der Waals surface area contributed by atoms with Crippen LogP contribution in [-0.4, -0.2) is 37.0 Å². The molecule has 3 heterocycles. The van der Waals surface area contributed by atoms with Crippen molar-refractivity contribution in [1.29, 1.82) is 0 Å². The zero-order valence-electron chi connectivity index (χ0n) is 24.6. The number of benzene rings is 3. The Labute approximate surface area is 250 Å². The number of piperidine rings is 1. The molecule has 6 rings (SSSR count). The topological polar surface area (TPSA) is 59.5 Å². The van der Waals surface area contributed by atoms with Gasteiger partial charge in [0.25, 0.3) is 0 Å². The van der Waals surface area contributed by atoms with Crippen LogP contribution in [0.2, 0.25) is 0 Å². The lowest BCUT2D eigenvalue weighted by atomic mass is 9.79. The minimum Gasteiger partial charge on any atom is -0.487 e. The van der Waals surface area contributed by atoms with Crippen LogP contribution in [-0.2, 0) is 33.3 Å². The molecule has 1 atom stereocenters. The molecule has 0 saturated carbocycles. The van der Waals surface area contributed by atoms with E-state index in [4.69, 9.17) is 4.74 Å². The molecular formula is C36H40N2O3S. The lowest BCUT2D eigenvalue weighted by Gasteiger charge is -2.50. The molecule has 0 N–H and O–H groups in total.